The minimum absolute atomic E-state index is 0.137. The number of fused-ring (bicyclic) bond motifs is 1. The molecule has 0 spiro atoms. The molecule has 0 amide bonds. The average Bonchev–Trinajstić information content (AvgIpc) is 2.23. The van der Waals surface area contributed by atoms with Gasteiger partial charge in [0.25, 0.3) is 0 Å². The summed E-state index contributed by atoms with van der Waals surface area (Å²) < 4.78 is 2.06. The zero-order chi connectivity index (χ0) is 10.8. The van der Waals surface area contributed by atoms with Crippen LogP contribution in [0.5, 0.6) is 0 Å². The van der Waals surface area contributed by atoms with E-state index in [9.17, 15) is 4.79 Å². The van der Waals surface area contributed by atoms with Crippen LogP contribution in [0.4, 0.5) is 5.69 Å². The summed E-state index contributed by atoms with van der Waals surface area (Å²) in [7, 11) is 0. The molecule has 0 N–H and O–H groups in total. The molecule has 1 aromatic carbocycles. The zero-order valence-corrected chi connectivity index (χ0v) is 9.64. The Morgan fingerprint density at radius 2 is 2.40 bits per heavy atom. The molecule has 1 aliphatic rings. The maximum Gasteiger partial charge on any atom is 0.176 e. The van der Waals surface area contributed by atoms with Gasteiger partial charge in [-0.25, -0.2) is 0 Å². The highest BCUT2D eigenvalue weighted by Gasteiger charge is 2.23. The number of benzene rings is 1. The fourth-order valence-corrected chi connectivity index (χ4v) is 2.61. The third kappa shape index (κ3) is 2.03. The van der Waals surface area contributed by atoms with E-state index in [0.717, 1.165) is 12.2 Å². The molecule has 0 saturated heterocycles. The first-order valence-electron chi connectivity index (χ1n) is 4.56. The zero-order valence-electron chi connectivity index (χ0n) is 8.07. The molecule has 0 aromatic heterocycles. The third-order valence-electron chi connectivity index (χ3n) is 2.17. The molecular formula is C11H10ClNOS. The summed E-state index contributed by atoms with van der Waals surface area (Å²) in [5.74, 6) is 0.610. The van der Waals surface area contributed by atoms with Crippen LogP contribution in [0.1, 0.15) is 10.4 Å². The molecule has 1 heterocycles. The van der Waals surface area contributed by atoms with Crippen molar-refractivity contribution in [2.75, 3.05) is 16.6 Å². The number of halogens is 1. The van der Waals surface area contributed by atoms with Crippen molar-refractivity contribution in [3.63, 3.8) is 0 Å². The van der Waals surface area contributed by atoms with Crippen LogP contribution in [0.3, 0.4) is 0 Å². The second-order valence-corrected chi connectivity index (χ2v) is 4.63. The lowest BCUT2D eigenvalue weighted by Crippen LogP contribution is -2.25. The average molecular weight is 240 g/mol. The first-order valence-corrected chi connectivity index (χ1v) is 5.88. The fraction of sp³-hybridized carbons (Fsp3) is 0.182. The van der Waals surface area contributed by atoms with Gasteiger partial charge in [0.15, 0.2) is 5.78 Å². The molecule has 15 heavy (non-hydrogen) atoms. The minimum atomic E-state index is 0.137. The number of anilines is 1. The molecule has 4 heteroatoms. The Hall–Kier alpha value is -0.930. The van der Waals surface area contributed by atoms with E-state index >= 15 is 0 Å². The van der Waals surface area contributed by atoms with Crippen LogP contribution < -0.4 is 4.31 Å². The van der Waals surface area contributed by atoms with Crippen LogP contribution in [0.2, 0.25) is 5.02 Å². The van der Waals surface area contributed by atoms with Gasteiger partial charge in [0, 0.05) is 17.1 Å². The molecule has 1 aliphatic heterocycles. The number of hydrogen-bond donors (Lipinski definition) is 0. The van der Waals surface area contributed by atoms with Crippen LogP contribution in [0.15, 0.2) is 30.9 Å². The van der Waals surface area contributed by atoms with E-state index in [-0.39, 0.29) is 5.78 Å². The number of carbonyl (C=O) groups is 1. The predicted octanol–water partition coefficient (Wildman–Crippen LogP) is 3.18. The summed E-state index contributed by atoms with van der Waals surface area (Å²) in [4.78, 5) is 11.7. The van der Waals surface area contributed by atoms with Crippen molar-refractivity contribution < 1.29 is 4.79 Å². The van der Waals surface area contributed by atoms with E-state index in [2.05, 4.69) is 10.9 Å². The molecule has 2 rings (SSSR count). The molecule has 1 aromatic rings. The Morgan fingerprint density at radius 1 is 1.60 bits per heavy atom. The van der Waals surface area contributed by atoms with Gasteiger partial charge in [-0.15, -0.1) is 6.58 Å². The van der Waals surface area contributed by atoms with E-state index in [1.165, 1.54) is 11.9 Å². The van der Waals surface area contributed by atoms with E-state index < -0.39 is 0 Å². The molecule has 0 saturated carbocycles. The highest BCUT2D eigenvalue weighted by atomic mass is 35.5. The lowest BCUT2D eigenvalue weighted by molar-refractivity contribution is 0.102. The van der Waals surface area contributed by atoms with Gasteiger partial charge in [-0.2, -0.15) is 0 Å². The van der Waals surface area contributed by atoms with E-state index in [0.29, 0.717) is 16.3 Å². The number of Topliss-reactive ketones (excluding diaryl/α,β-unsaturated/α-hetero) is 1. The van der Waals surface area contributed by atoms with Crippen molar-refractivity contribution in [1.29, 1.82) is 0 Å². The second-order valence-electron chi connectivity index (χ2n) is 3.21. The largest absolute Gasteiger partial charge is 0.311 e. The SMILES string of the molecule is C=CCN1SCC(=O)c2cc(Cl)ccc21. The van der Waals surface area contributed by atoms with Gasteiger partial charge in [0.2, 0.25) is 0 Å². The molecule has 78 valence electrons. The number of ketones is 1. The topological polar surface area (TPSA) is 20.3 Å². The molecule has 2 nitrogen and oxygen atoms in total. The van der Waals surface area contributed by atoms with Crippen LogP contribution in [0, 0.1) is 0 Å². The van der Waals surface area contributed by atoms with Crippen molar-refractivity contribution in [3.8, 4) is 0 Å². The maximum atomic E-state index is 11.7. The summed E-state index contributed by atoms with van der Waals surface area (Å²) in [5.41, 5.74) is 1.64. The van der Waals surface area contributed by atoms with Crippen molar-refractivity contribution in [2.45, 2.75) is 0 Å². The summed E-state index contributed by atoms with van der Waals surface area (Å²) in [5, 5.41) is 0.604. The summed E-state index contributed by atoms with van der Waals surface area (Å²) in [6.45, 7) is 4.43. The number of nitrogens with zero attached hydrogens (tertiary/aromatic N) is 1. The van der Waals surface area contributed by atoms with Crippen LogP contribution in [-0.2, 0) is 0 Å². The highest BCUT2D eigenvalue weighted by molar-refractivity contribution is 8.01. The van der Waals surface area contributed by atoms with E-state index in [1.807, 2.05) is 12.1 Å². The molecular weight excluding hydrogens is 230 g/mol. The Kier molecular flexibility index (Phi) is 3.03. The standard InChI is InChI=1S/C11H10ClNOS/c1-2-5-13-10-4-3-8(12)6-9(10)11(14)7-15-13/h2-4,6H,1,5,7H2. The molecule has 0 fully saturated rings. The number of carbonyl (C=O) groups excluding carboxylic acids is 1. The summed E-state index contributed by atoms with van der Waals surface area (Å²) >= 11 is 7.38. The molecule has 0 aliphatic carbocycles. The highest BCUT2D eigenvalue weighted by Crippen LogP contribution is 2.34. The maximum absolute atomic E-state index is 11.7. The van der Waals surface area contributed by atoms with Crippen LogP contribution in [0.25, 0.3) is 0 Å². The lowest BCUT2D eigenvalue weighted by atomic mass is 10.1. The number of hydrogen-bond acceptors (Lipinski definition) is 3. The Morgan fingerprint density at radius 3 is 3.13 bits per heavy atom. The quantitative estimate of drug-likeness (QED) is 0.584. The van der Waals surface area contributed by atoms with Crippen LogP contribution in [-0.4, -0.2) is 18.1 Å². The Balaban J connectivity index is 2.45. The minimum Gasteiger partial charge on any atom is -0.311 e. The van der Waals surface area contributed by atoms with Gasteiger partial charge in [0.1, 0.15) is 0 Å². The Labute approximate surface area is 98.0 Å². The van der Waals surface area contributed by atoms with Gasteiger partial charge in [-0.1, -0.05) is 17.7 Å². The summed E-state index contributed by atoms with van der Waals surface area (Å²) in [6, 6.07) is 5.41. The first-order chi connectivity index (χ1) is 7.22. The molecule has 0 bridgehead atoms. The van der Waals surface area contributed by atoms with Crippen molar-refractivity contribution in [2.24, 2.45) is 0 Å². The van der Waals surface area contributed by atoms with Crippen LogP contribution >= 0.6 is 23.5 Å². The molecule has 0 radical (unpaired) electrons. The predicted molar refractivity (Wildman–Crippen MR) is 65.8 cm³/mol. The van der Waals surface area contributed by atoms with Gasteiger partial charge in [-0.05, 0) is 30.1 Å². The molecule has 0 unspecified atom stereocenters. The fourth-order valence-electron chi connectivity index (χ4n) is 1.50. The van der Waals surface area contributed by atoms with E-state index in [1.54, 1.807) is 12.1 Å². The Bertz CT molecular complexity index is 419. The molecule has 0 atom stereocenters. The first kappa shape index (κ1) is 10.6. The smallest absolute Gasteiger partial charge is 0.176 e. The van der Waals surface area contributed by atoms with Gasteiger partial charge < -0.3 is 4.31 Å². The summed E-state index contributed by atoms with van der Waals surface area (Å²) in [6.07, 6.45) is 1.82. The normalized spacial score (nSPS) is 15.0. The third-order valence-corrected chi connectivity index (χ3v) is 3.46. The van der Waals surface area contributed by atoms with E-state index in [4.69, 9.17) is 11.6 Å². The van der Waals surface area contributed by atoms with Crippen molar-refractivity contribution in [1.82, 2.24) is 0 Å². The lowest BCUT2D eigenvalue weighted by Gasteiger charge is -2.28. The number of rotatable bonds is 2. The van der Waals surface area contributed by atoms with Crippen molar-refractivity contribution in [3.05, 3.63) is 41.4 Å². The van der Waals surface area contributed by atoms with Crippen molar-refractivity contribution >= 4 is 35.0 Å². The monoisotopic (exact) mass is 239 g/mol. The van der Waals surface area contributed by atoms with Gasteiger partial charge in [0.05, 0.1) is 11.4 Å². The van der Waals surface area contributed by atoms with Gasteiger partial charge >= 0.3 is 0 Å². The second kappa shape index (κ2) is 4.29. The van der Waals surface area contributed by atoms with Gasteiger partial charge in [-0.3, -0.25) is 4.79 Å².